The zero-order valence-corrected chi connectivity index (χ0v) is 20.1. The molecule has 0 saturated heterocycles. The quantitative estimate of drug-likeness (QED) is 0.433. The van der Waals surface area contributed by atoms with Crippen LogP contribution in [0.3, 0.4) is 0 Å². The number of hydrogen-bond acceptors (Lipinski definition) is 5. The first-order valence-electron chi connectivity index (χ1n) is 12.1. The van der Waals surface area contributed by atoms with E-state index in [-0.39, 0.29) is 12.1 Å². The van der Waals surface area contributed by atoms with Gasteiger partial charge in [-0.1, -0.05) is 19.1 Å². The molecule has 1 atom stereocenters. The number of hydrogen-bond donors (Lipinski definition) is 3. The molecule has 35 heavy (non-hydrogen) atoms. The van der Waals surface area contributed by atoms with Crippen molar-refractivity contribution in [1.82, 2.24) is 21.2 Å². The Hall–Kier alpha value is -3.81. The van der Waals surface area contributed by atoms with Crippen LogP contribution in [0.25, 0.3) is 10.9 Å². The average Bonchev–Trinajstić information content (AvgIpc) is 2.91. The van der Waals surface area contributed by atoms with Crippen LogP contribution in [0.2, 0.25) is 0 Å². The Kier molecular flexibility index (Phi) is 8.03. The van der Waals surface area contributed by atoms with Gasteiger partial charge in [0, 0.05) is 23.2 Å². The molecule has 1 aliphatic carbocycles. The Labute approximate surface area is 205 Å². The molecule has 3 N–H and O–H groups in total. The molecule has 0 bridgehead atoms. The number of aromatic nitrogens is 1. The van der Waals surface area contributed by atoms with Crippen LogP contribution in [-0.4, -0.2) is 36.2 Å². The summed E-state index contributed by atoms with van der Waals surface area (Å²) < 4.78 is 11.4. The number of urea groups is 1. The molecule has 184 valence electrons. The predicted molar refractivity (Wildman–Crippen MR) is 134 cm³/mol. The summed E-state index contributed by atoms with van der Waals surface area (Å²) in [5, 5.41) is 4.04. The lowest BCUT2D eigenvalue weighted by Crippen LogP contribution is -2.51. The monoisotopic (exact) mass is 476 g/mol. The van der Waals surface area contributed by atoms with Crippen molar-refractivity contribution in [1.29, 1.82) is 0 Å². The van der Waals surface area contributed by atoms with Gasteiger partial charge in [-0.3, -0.25) is 15.2 Å². The predicted octanol–water partition coefficient (Wildman–Crippen LogP) is 4.60. The van der Waals surface area contributed by atoms with E-state index in [1.54, 1.807) is 37.6 Å². The minimum atomic E-state index is -0.416. The number of amides is 3. The molecule has 3 amide bonds. The van der Waals surface area contributed by atoms with E-state index in [4.69, 9.17) is 9.47 Å². The molecule has 4 rings (SSSR count). The molecular formula is C27H32N4O4. The lowest BCUT2D eigenvalue weighted by atomic mass is 9.81. The van der Waals surface area contributed by atoms with Crippen molar-refractivity contribution in [3.05, 3.63) is 66.4 Å². The molecule has 1 heterocycles. The van der Waals surface area contributed by atoms with Crippen LogP contribution in [0, 0.1) is 5.92 Å². The highest BCUT2D eigenvalue weighted by Gasteiger charge is 2.29. The topological polar surface area (TPSA) is 102 Å². The largest absolute Gasteiger partial charge is 0.497 e. The standard InChI is InChI=1S/C27H32N4O4/c1-3-23(29-27(33)31-30-26(32)19-10-12-20(34-2)13-11-19)18-8-14-21(15-9-18)35-25-16-17-28-24-7-5-4-6-22(24)25/h4-7,10-13,16-18,21,23H,3,8-9,14-15H2,1-2H3,(H,30,32)(H2,29,31,33)/t18-,21-,23?. The van der Waals surface area contributed by atoms with E-state index < -0.39 is 11.9 Å². The second kappa shape index (κ2) is 11.6. The second-order valence-corrected chi connectivity index (χ2v) is 8.78. The molecular weight excluding hydrogens is 444 g/mol. The molecule has 8 heteroatoms. The van der Waals surface area contributed by atoms with E-state index in [0.717, 1.165) is 48.8 Å². The number of hydrazine groups is 1. The number of nitrogens with one attached hydrogen (secondary N) is 3. The fourth-order valence-corrected chi connectivity index (χ4v) is 4.65. The van der Waals surface area contributed by atoms with Crippen LogP contribution < -0.4 is 25.6 Å². The third-order valence-electron chi connectivity index (χ3n) is 6.59. The maximum absolute atomic E-state index is 12.4. The molecule has 1 fully saturated rings. The smallest absolute Gasteiger partial charge is 0.333 e. The number of carbonyl (C=O) groups is 2. The van der Waals surface area contributed by atoms with Crippen molar-refractivity contribution < 1.29 is 19.1 Å². The second-order valence-electron chi connectivity index (χ2n) is 8.78. The maximum atomic E-state index is 12.4. The van der Waals surface area contributed by atoms with Crippen LogP contribution >= 0.6 is 0 Å². The summed E-state index contributed by atoms with van der Waals surface area (Å²) in [5.74, 6) is 1.50. The van der Waals surface area contributed by atoms with Crippen LogP contribution in [0.15, 0.2) is 60.8 Å². The molecule has 0 aliphatic heterocycles. The van der Waals surface area contributed by atoms with Gasteiger partial charge in [-0.15, -0.1) is 0 Å². The number of nitrogens with zero attached hydrogens (tertiary/aromatic N) is 1. The summed E-state index contributed by atoms with van der Waals surface area (Å²) in [6.45, 7) is 2.06. The lowest BCUT2D eigenvalue weighted by Gasteiger charge is -2.34. The first kappa shape index (κ1) is 24.3. The zero-order valence-electron chi connectivity index (χ0n) is 20.1. The summed E-state index contributed by atoms with van der Waals surface area (Å²) >= 11 is 0. The molecule has 1 unspecified atom stereocenters. The van der Waals surface area contributed by atoms with Crippen LogP contribution in [-0.2, 0) is 0 Å². The Balaban J connectivity index is 1.24. The lowest BCUT2D eigenvalue weighted by molar-refractivity contribution is 0.0933. The van der Waals surface area contributed by atoms with Gasteiger partial charge in [0.2, 0.25) is 0 Å². The van der Waals surface area contributed by atoms with E-state index in [2.05, 4.69) is 28.1 Å². The minimum Gasteiger partial charge on any atom is -0.497 e. The van der Waals surface area contributed by atoms with E-state index >= 15 is 0 Å². The van der Waals surface area contributed by atoms with Crippen molar-refractivity contribution in [2.24, 2.45) is 5.92 Å². The fourth-order valence-electron chi connectivity index (χ4n) is 4.65. The molecule has 3 aromatic rings. The van der Waals surface area contributed by atoms with Crippen LogP contribution in [0.4, 0.5) is 4.79 Å². The highest BCUT2D eigenvalue weighted by Crippen LogP contribution is 2.32. The SMILES string of the molecule is CCC(NC(=O)NNC(=O)c1ccc(OC)cc1)[C@H]1CC[C@H](Oc2ccnc3ccccc23)CC1. The van der Waals surface area contributed by atoms with Crippen LogP contribution in [0.5, 0.6) is 11.5 Å². The number of benzene rings is 2. The molecule has 1 aromatic heterocycles. The summed E-state index contributed by atoms with van der Waals surface area (Å²) in [6.07, 6.45) is 6.52. The minimum absolute atomic E-state index is 0.0237. The summed E-state index contributed by atoms with van der Waals surface area (Å²) in [7, 11) is 1.56. The number of fused-ring (bicyclic) bond motifs is 1. The molecule has 0 spiro atoms. The molecule has 1 saturated carbocycles. The number of para-hydroxylation sites is 1. The number of pyridine rings is 1. The first-order chi connectivity index (χ1) is 17.1. The van der Waals surface area contributed by atoms with Gasteiger partial charge in [-0.05, 0) is 80.5 Å². The Morgan fingerprint density at radius 3 is 2.46 bits per heavy atom. The van der Waals surface area contributed by atoms with Gasteiger partial charge in [0.1, 0.15) is 11.5 Å². The molecule has 0 radical (unpaired) electrons. The molecule has 1 aliphatic rings. The Bertz CT molecular complexity index is 1140. The van der Waals surface area contributed by atoms with Crippen molar-refractivity contribution in [3.63, 3.8) is 0 Å². The van der Waals surface area contributed by atoms with Gasteiger partial charge in [0.05, 0.1) is 18.7 Å². The third kappa shape index (κ3) is 6.20. The summed E-state index contributed by atoms with van der Waals surface area (Å²) in [5.41, 5.74) is 6.27. The zero-order chi connectivity index (χ0) is 24.6. The van der Waals surface area contributed by atoms with Gasteiger partial charge in [0.15, 0.2) is 0 Å². The molecule has 8 nitrogen and oxygen atoms in total. The Morgan fingerprint density at radius 2 is 1.74 bits per heavy atom. The van der Waals surface area contributed by atoms with Crippen LogP contribution in [0.1, 0.15) is 49.4 Å². The fraction of sp³-hybridized carbons (Fsp3) is 0.370. The number of ether oxygens (including phenoxy) is 2. The first-order valence-corrected chi connectivity index (χ1v) is 12.1. The van der Waals surface area contributed by atoms with Gasteiger partial charge in [-0.2, -0.15) is 0 Å². The third-order valence-corrected chi connectivity index (χ3v) is 6.59. The highest BCUT2D eigenvalue weighted by molar-refractivity contribution is 5.95. The summed E-state index contributed by atoms with van der Waals surface area (Å²) in [4.78, 5) is 29.1. The van der Waals surface area contributed by atoms with E-state index in [0.29, 0.717) is 17.2 Å². The normalized spacial score (nSPS) is 18.3. The van der Waals surface area contributed by atoms with Crippen molar-refractivity contribution in [2.75, 3.05) is 7.11 Å². The van der Waals surface area contributed by atoms with Gasteiger partial charge < -0.3 is 14.8 Å². The van der Waals surface area contributed by atoms with Crippen molar-refractivity contribution in [3.8, 4) is 11.5 Å². The van der Waals surface area contributed by atoms with E-state index in [9.17, 15) is 9.59 Å². The highest BCUT2D eigenvalue weighted by atomic mass is 16.5. The van der Waals surface area contributed by atoms with Crippen molar-refractivity contribution in [2.45, 2.75) is 51.2 Å². The average molecular weight is 477 g/mol. The summed E-state index contributed by atoms with van der Waals surface area (Å²) in [6, 6.07) is 16.2. The number of methoxy groups -OCH3 is 1. The van der Waals surface area contributed by atoms with E-state index in [1.807, 2.05) is 30.3 Å². The van der Waals surface area contributed by atoms with Gasteiger partial charge in [0.25, 0.3) is 5.91 Å². The maximum Gasteiger partial charge on any atom is 0.333 e. The van der Waals surface area contributed by atoms with Crippen molar-refractivity contribution >= 4 is 22.8 Å². The number of carbonyl (C=O) groups excluding carboxylic acids is 2. The van der Waals surface area contributed by atoms with Gasteiger partial charge in [-0.25, -0.2) is 10.2 Å². The van der Waals surface area contributed by atoms with E-state index in [1.165, 1.54) is 0 Å². The number of rotatable bonds is 7. The Morgan fingerprint density at radius 1 is 1.00 bits per heavy atom. The molecule has 2 aromatic carbocycles. The van der Waals surface area contributed by atoms with Gasteiger partial charge >= 0.3 is 6.03 Å².